The molecule has 0 heterocycles. The Morgan fingerprint density at radius 1 is 1.42 bits per heavy atom. The number of fused-ring (bicyclic) bond motifs is 1. The van der Waals surface area contributed by atoms with Gasteiger partial charge in [-0.1, -0.05) is 31.2 Å². The van der Waals surface area contributed by atoms with Crippen molar-refractivity contribution in [1.29, 1.82) is 0 Å². The maximum absolute atomic E-state index is 12.2. The summed E-state index contributed by atoms with van der Waals surface area (Å²) in [7, 11) is 0. The molecule has 2 unspecified atom stereocenters. The number of carbonyl (C=O) groups is 1. The van der Waals surface area contributed by atoms with E-state index in [0.717, 1.165) is 32.2 Å². The van der Waals surface area contributed by atoms with Crippen molar-refractivity contribution in [1.82, 2.24) is 5.32 Å². The molecule has 0 aromatic heterocycles. The normalized spacial score (nSPS) is 19.6. The van der Waals surface area contributed by atoms with E-state index in [0.29, 0.717) is 11.8 Å². The number of halogens is 1. The van der Waals surface area contributed by atoms with E-state index in [1.54, 1.807) is 0 Å². The topological polar surface area (TPSA) is 29.1 Å². The zero-order valence-electron chi connectivity index (χ0n) is 11.5. The summed E-state index contributed by atoms with van der Waals surface area (Å²) >= 11 is 5.70. The van der Waals surface area contributed by atoms with Crippen LogP contribution in [0.25, 0.3) is 0 Å². The third-order valence-electron chi connectivity index (χ3n) is 3.94. The molecule has 19 heavy (non-hydrogen) atoms. The second-order valence-corrected chi connectivity index (χ2v) is 5.91. The Balaban J connectivity index is 1.85. The van der Waals surface area contributed by atoms with Crippen LogP contribution in [0.2, 0.25) is 0 Å². The monoisotopic (exact) mass is 279 g/mol. The molecule has 104 valence electrons. The van der Waals surface area contributed by atoms with Gasteiger partial charge in [0.05, 0.1) is 0 Å². The highest BCUT2D eigenvalue weighted by Gasteiger charge is 2.24. The first-order chi connectivity index (χ1) is 9.20. The van der Waals surface area contributed by atoms with Gasteiger partial charge in [0.2, 0.25) is 5.91 Å². The number of nitrogens with one attached hydrogen (secondary N) is 1. The molecule has 0 radical (unpaired) electrons. The van der Waals surface area contributed by atoms with Gasteiger partial charge < -0.3 is 5.32 Å². The fourth-order valence-corrected chi connectivity index (χ4v) is 3.00. The average molecular weight is 280 g/mol. The van der Waals surface area contributed by atoms with E-state index in [1.807, 2.05) is 0 Å². The molecular formula is C16H22ClNO. The Morgan fingerprint density at radius 2 is 2.16 bits per heavy atom. The average Bonchev–Trinajstić information content (AvgIpc) is 2.44. The minimum Gasteiger partial charge on any atom is -0.356 e. The van der Waals surface area contributed by atoms with Crippen LogP contribution < -0.4 is 5.32 Å². The van der Waals surface area contributed by atoms with Crippen molar-refractivity contribution in [2.24, 2.45) is 11.8 Å². The Morgan fingerprint density at radius 3 is 2.89 bits per heavy atom. The van der Waals surface area contributed by atoms with Gasteiger partial charge >= 0.3 is 0 Å². The van der Waals surface area contributed by atoms with E-state index in [1.165, 1.54) is 11.1 Å². The molecule has 1 aromatic rings. The number of carbonyl (C=O) groups excluding carboxylic acids is 1. The Hall–Kier alpha value is -1.02. The van der Waals surface area contributed by atoms with Crippen molar-refractivity contribution in [2.45, 2.75) is 32.6 Å². The number of hydrogen-bond donors (Lipinski definition) is 1. The summed E-state index contributed by atoms with van der Waals surface area (Å²) < 4.78 is 0. The van der Waals surface area contributed by atoms with Gasteiger partial charge in [-0.25, -0.2) is 0 Å². The molecule has 2 nitrogen and oxygen atoms in total. The van der Waals surface area contributed by atoms with Crippen LogP contribution in [-0.4, -0.2) is 18.3 Å². The van der Waals surface area contributed by atoms with Crippen LogP contribution in [0.1, 0.15) is 30.9 Å². The molecule has 1 aliphatic rings. The van der Waals surface area contributed by atoms with Gasteiger partial charge in [-0.05, 0) is 42.7 Å². The third-order valence-corrected chi connectivity index (χ3v) is 4.16. The van der Waals surface area contributed by atoms with E-state index in [2.05, 4.69) is 36.5 Å². The summed E-state index contributed by atoms with van der Waals surface area (Å²) in [4.78, 5) is 12.2. The van der Waals surface area contributed by atoms with Crippen LogP contribution in [0, 0.1) is 11.8 Å². The molecule has 1 amide bonds. The molecule has 0 saturated carbocycles. The lowest BCUT2D eigenvalue weighted by Crippen LogP contribution is -2.36. The highest BCUT2D eigenvalue weighted by molar-refractivity contribution is 6.17. The van der Waals surface area contributed by atoms with Gasteiger partial charge in [-0.2, -0.15) is 0 Å². The molecule has 0 bridgehead atoms. The zero-order valence-corrected chi connectivity index (χ0v) is 12.2. The summed E-state index contributed by atoms with van der Waals surface area (Å²) in [5, 5.41) is 3.07. The fraction of sp³-hybridized carbons (Fsp3) is 0.562. The van der Waals surface area contributed by atoms with Crippen LogP contribution >= 0.6 is 11.6 Å². The second kappa shape index (κ2) is 6.95. The van der Waals surface area contributed by atoms with Crippen molar-refractivity contribution < 1.29 is 4.79 Å². The van der Waals surface area contributed by atoms with Crippen molar-refractivity contribution >= 4 is 17.5 Å². The van der Waals surface area contributed by atoms with Gasteiger partial charge in [0.15, 0.2) is 0 Å². The lowest BCUT2D eigenvalue weighted by Gasteiger charge is -2.24. The second-order valence-electron chi connectivity index (χ2n) is 5.54. The predicted octanol–water partition coefficient (Wildman–Crippen LogP) is 3.17. The van der Waals surface area contributed by atoms with Crippen molar-refractivity contribution in [3.63, 3.8) is 0 Å². The standard InChI is InChI=1S/C16H22ClNO/c1-12(8-9-17)11-18-16(19)15-7-6-13-4-2-3-5-14(13)10-15/h2-5,12,15H,6-11H2,1H3,(H,18,19). The molecule has 2 rings (SSSR count). The number of rotatable bonds is 5. The van der Waals surface area contributed by atoms with Gasteiger partial charge in [0, 0.05) is 18.3 Å². The SMILES string of the molecule is CC(CCCl)CNC(=O)C1CCc2ccccc2C1. The summed E-state index contributed by atoms with van der Waals surface area (Å²) in [6.45, 7) is 2.86. The molecule has 0 saturated heterocycles. The molecular weight excluding hydrogens is 258 g/mol. The number of amides is 1. The molecule has 0 aliphatic heterocycles. The number of aryl methyl sites for hydroxylation is 1. The van der Waals surface area contributed by atoms with Crippen LogP contribution in [0.5, 0.6) is 0 Å². The fourth-order valence-electron chi connectivity index (χ4n) is 2.63. The first-order valence-corrected chi connectivity index (χ1v) is 7.64. The third kappa shape index (κ3) is 3.97. The van der Waals surface area contributed by atoms with E-state index in [9.17, 15) is 4.79 Å². The Labute approximate surface area is 120 Å². The summed E-state index contributed by atoms with van der Waals surface area (Å²) in [6.07, 6.45) is 3.82. The number of hydrogen-bond acceptors (Lipinski definition) is 1. The largest absolute Gasteiger partial charge is 0.356 e. The van der Waals surface area contributed by atoms with E-state index in [4.69, 9.17) is 11.6 Å². The quantitative estimate of drug-likeness (QED) is 0.824. The van der Waals surface area contributed by atoms with E-state index >= 15 is 0 Å². The summed E-state index contributed by atoms with van der Waals surface area (Å²) in [5.74, 6) is 1.46. The van der Waals surface area contributed by atoms with E-state index in [-0.39, 0.29) is 11.8 Å². The molecule has 0 fully saturated rings. The van der Waals surface area contributed by atoms with E-state index < -0.39 is 0 Å². The summed E-state index contributed by atoms with van der Waals surface area (Å²) in [5.41, 5.74) is 2.74. The van der Waals surface area contributed by atoms with Gasteiger partial charge in [0.1, 0.15) is 0 Å². The minimum atomic E-state index is 0.137. The maximum Gasteiger partial charge on any atom is 0.223 e. The number of alkyl halides is 1. The summed E-state index contributed by atoms with van der Waals surface area (Å²) in [6, 6.07) is 8.45. The maximum atomic E-state index is 12.2. The smallest absolute Gasteiger partial charge is 0.223 e. The van der Waals surface area contributed by atoms with Crippen molar-refractivity contribution in [3.8, 4) is 0 Å². The lowest BCUT2D eigenvalue weighted by molar-refractivity contribution is -0.125. The molecule has 1 aromatic carbocycles. The first kappa shape index (κ1) is 14.4. The highest BCUT2D eigenvalue weighted by Crippen LogP contribution is 2.25. The van der Waals surface area contributed by atoms with Gasteiger partial charge in [-0.15, -0.1) is 11.6 Å². The first-order valence-electron chi connectivity index (χ1n) is 7.11. The highest BCUT2D eigenvalue weighted by atomic mass is 35.5. The molecule has 2 atom stereocenters. The van der Waals surface area contributed by atoms with Crippen molar-refractivity contribution in [3.05, 3.63) is 35.4 Å². The Bertz CT molecular complexity index is 433. The van der Waals surface area contributed by atoms with Gasteiger partial charge in [0.25, 0.3) is 0 Å². The van der Waals surface area contributed by atoms with Crippen LogP contribution in [-0.2, 0) is 17.6 Å². The van der Waals surface area contributed by atoms with Crippen LogP contribution in [0.15, 0.2) is 24.3 Å². The predicted molar refractivity (Wildman–Crippen MR) is 79.5 cm³/mol. The minimum absolute atomic E-state index is 0.137. The molecule has 1 aliphatic carbocycles. The molecule has 3 heteroatoms. The molecule has 1 N–H and O–H groups in total. The van der Waals surface area contributed by atoms with Crippen LogP contribution in [0.3, 0.4) is 0 Å². The van der Waals surface area contributed by atoms with Crippen molar-refractivity contribution in [2.75, 3.05) is 12.4 Å². The lowest BCUT2D eigenvalue weighted by atomic mass is 9.83. The van der Waals surface area contributed by atoms with Crippen LogP contribution in [0.4, 0.5) is 0 Å². The number of benzene rings is 1. The molecule has 0 spiro atoms. The Kier molecular flexibility index (Phi) is 5.26. The zero-order chi connectivity index (χ0) is 13.7. The van der Waals surface area contributed by atoms with Gasteiger partial charge in [-0.3, -0.25) is 4.79 Å².